The summed E-state index contributed by atoms with van der Waals surface area (Å²) in [6, 6.07) is 12.8. The van der Waals surface area contributed by atoms with E-state index >= 15 is 0 Å². The number of aromatic nitrogens is 2. The molecule has 8 nitrogen and oxygen atoms in total. The molecule has 3 atom stereocenters. The number of fused-ring (bicyclic) bond motifs is 2. The fourth-order valence-corrected chi connectivity index (χ4v) is 5.57. The molecule has 1 amide bonds. The zero-order valence-electron chi connectivity index (χ0n) is 18.4. The number of anilines is 2. The first-order valence-electron chi connectivity index (χ1n) is 11.5. The van der Waals surface area contributed by atoms with Gasteiger partial charge in [-0.1, -0.05) is 36.8 Å². The van der Waals surface area contributed by atoms with Crippen molar-refractivity contribution in [1.29, 1.82) is 0 Å². The van der Waals surface area contributed by atoms with Gasteiger partial charge in [-0.25, -0.2) is 4.79 Å². The minimum atomic E-state index is -0.672. The van der Waals surface area contributed by atoms with Crippen molar-refractivity contribution < 1.29 is 9.21 Å². The number of carbonyl (C=O) groups is 1. The number of hydrogen-bond acceptors (Lipinski definition) is 5. The largest absolute Gasteiger partial charge is 0.467 e. The van der Waals surface area contributed by atoms with E-state index in [2.05, 4.69) is 4.98 Å². The van der Waals surface area contributed by atoms with Gasteiger partial charge in [0.1, 0.15) is 11.6 Å². The lowest BCUT2D eigenvalue weighted by molar-refractivity contribution is -0.120. The van der Waals surface area contributed by atoms with Crippen molar-refractivity contribution in [3.8, 4) is 0 Å². The molecule has 2 aliphatic rings. The molecule has 0 spiro atoms. The highest BCUT2D eigenvalue weighted by Gasteiger charge is 2.41. The Kier molecular flexibility index (Phi) is 5.66. The summed E-state index contributed by atoms with van der Waals surface area (Å²) in [5.41, 5.74) is 5.96. The summed E-state index contributed by atoms with van der Waals surface area (Å²) >= 11 is 0. The third-order valence-corrected chi connectivity index (χ3v) is 7.18. The molecular formula is C25H28N4O4. The Bertz CT molecular complexity index is 1250. The Hall–Kier alpha value is -3.55. The average molecular weight is 449 g/mol. The summed E-state index contributed by atoms with van der Waals surface area (Å²) < 4.78 is 6.77. The second kappa shape index (κ2) is 8.77. The van der Waals surface area contributed by atoms with Gasteiger partial charge in [-0.15, -0.1) is 0 Å². The number of carbonyl (C=O) groups excluding carboxylic acids is 1. The first-order valence-corrected chi connectivity index (χ1v) is 11.5. The lowest BCUT2D eigenvalue weighted by Crippen LogP contribution is -2.41. The van der Waals surface area contributed by atoms with Crippen molar-refractivity contribution in [2.75, 3.05) is 10.6 Å². The minimum absolute atomic E-state index is 0.00455. The summed E-state index contributed by atoms with van der Waals surface area (Å²) in [6.07, 6.45) is 6.57. The third kappa shape index (κ3) is 4.25. The van der Waals surface area contributed by atoms with Crippen LogP contribution in [0.25, 0.3) is 0 Å². The molecule has 3 aromatic rings. The Balaban J connectivity index is 1.51. The quantitative estimate of drug-likeness (QED) is 0.576. The minimum Gasteiger partial charge on any atom is -0.467 e. The molecule has 1 aromatic carbocycles. The number of rotatable bonds is 7. The van der Waals surface area contributed by atoms with Gasteiger partial charge in [-0.05, 0) is 54.7 Å². The van der Waals surface area contributed by atoms with Crippen molar-refractivity contribution >= 4 is 17.4 Å². The Morgan fingerprint density at radius 3 is 2.61 bits per heavy atom. The van der Waals surface area contributed by atoms with Crippen molar-refractivity contribution in [2.24, 2.45) is 17.8 Å². The molecule has 2 bridgehead atoms. The van der Waals surface area contributed by atoms with Gasteiger partial charge in [0.15, 0.2) is 5.69 Å². The number of furan rings is 1. The molecule has 0 saturated heterocycles. The molecular weight excluding hydrogens is 420 g/mol. The maximum absolute atomic E-state index is 13.5. The van der Waals surface area contributed by atoms with Gasteiger partial charge in [-0.3, -0.25) is 24.0 Å². The number of benzene rings is 1. The van der Waals surface area contributed by atoms with Crippen LogP contribution in [0.4, 0.5) is 11.5 Å². The number of nitrogen functional groups attached to an aromatic ring is 1. The average Bonchev–Trinajstić information content (AvgIpc) is 3.55. The summed E-state index contributed by atoms with van der Waals surface area (Å²) in [5.74, 6) is 1.95. The van der Waals surface area contributed by atoms with Crippen LogP contribution < -0.4 is 21.9 Å². The maximum atomic E-state index is 13.5. The van der Waals surface area contributed by atoms with Gasteiger partial charge in [-0.2, -0.15) is 0 Å². The predicted octanol–water partition coefficient (Wildman–Crippen LogP) is 3.12. The summed E-state index contributed by atoms with van der Waals surface area (Å²) in [4.78, 5) is 42.8. The van der Waals surface area contributed by atoms with E-state index in [0.29, 0.717) is 29.9 Å². The van der Waals surface area contributed by atoms with Crippen LogP contribution in [0.15, 0.2) is 62.7 Å². The highest BCUT2D eigenvalue weighted by molar-refractivity contribution is 5.95. The molecule has 8 heteroatoms. The van der Waals surface area contributed by atoms with Crippen molar-refractivity contribution in [1.82, 2.24) is 9.55 Å². The molecule has 33 heavy (non-hydrogen) atoms. The second-order valence-electron chi connectivity index (χ2n) is 9.26. The van der Waals surface area contributed by atoms with E-state index in [9.17, 15) is 14.4 Å². The fraction of sp³-hybridized carbons (Fsp3) is 0.400. The fourth-order valence-electron chi connectivity index (χ4n) is 5.57. The molecule has 2 aromatic heterocycles. The van der Waals surface area contributed by atoms with Crippen molar-refractivity contribution in [2.45, 2.75) is 45.2 Å². The molecule has 2 fully saturated rings. The number of amides is 1. The van der Waals surface area contributed by atoms with Crippen LogP contribution in [-0.4, -0.2) is 15.5 Å². The van der Waals surface area contributed by atoms with E-state index in [1.54, 1.807) is 12.1 Å². The summed E-state index contributed by atoms with van der Waals surface area (Å²) in [7, 11) is 0. The van der Waals surface area contributed by atoms with Gasteiger partial charge in [0, 0.05) is 6.42 Å². The van der Waals surface area contributed by atoms with Crippen molar-refractivity contribution in [3.63, 3.8) is 0 Å². The number of hydrogen-bond donors (Lipinski definition) is 2. The standard InChI is InChI=1S/C25H28N4O4/c26-23-22(24(31)27-25(32)29(23)14-16-5-2-1-3-6-16)28(15-20-7-4-10-33-20)21(30)13-19-12-17-8-9-18(19)11-17/h1-7,10,17-19H,8-9,11-15,26H2,(H,27,31,32). The van der Waals surface area contributed by atoms with Gasteiger partial charge < -0.3 is 10.2 Å². The van der Waals surface area contributed by atoms with E-state index in [1.807, 2.05) is 30.3 Å². The zero-order valence-corrected chi connectivity index (χ0v) is 18.4. The van der Waals surface area contributed by atoms with Gasteiger partial charge in [0.25, 0.3) is 5.56 Å². The number of nitrogens with two attached hydrogens (primary N) is 1. The molecule has 2 heterocycles. The molecule has 2 aliphatic carbocycles. The van der Waals surface area contributed by atoms with E-state index in [-0.39, 0.29) is 30.5 Å². The van der Waals surface area contributed by atoms with E-state index in [4.69, 9.17) is 10.2 Å². The van der Waals surface area contributed by atoms with Crippen LogP contribution in [0.5, 0.6) is 0 Å². The van der Waals surface area contributed by atoms with Crippen LogP contribution in [0, 0.1) is 17.8 Å². The lowest BCUT2D eigenvalue weighted by atomic mass is 9.86. The van der Waals surface area contributed by atoms with Gasteiger partial charge in [0.2, 0.25) is 5.91 Å². The predicted molar refractivity (Wildman–Crippen MR) is 125 cm³/mol. The molecule has 5 rings (SSSR count). The Morgan fingerprint density at radius 2 is 1.94 bits per heavy atom. The topological polar surface area (TPSA) is 114 Å². The Labute approximate surface area is 191 Å². The Morgan fingerprint density at radius 1 is 1.12 bits per heavy atom. The van der Waals surface area contributed by atoms with Crippen LogP contribution in [-0.2, 0) is 17.9 Å². The number of H-pyrrole nitrogens is 1. The summed E-state index contributed by atoms with van der Waals surface area (Å²) in [6.45, 7) is 0.258. The highest BCUT2D eigenvalue weighted by Crippen LogP contribution is 2.49. The lowest BCUT2D eigenvalue weighted by Gasteiger charge is -2.27. The van der Waals surface area contributed by atoms with Gasteiger partial charge in [0.05, 0.1) is 19.4 Å². The van der Waals surface area contributed by atoms with Crippen molar-refractivity contribution in [3.05, 3.63) is 80.9 Å². The van der Waals surface area contributed by atoms with E-state index < -0.39 is 11.2 Å². The highest BCUT2D eigenvalue weighted by atomic mass is 16.3. The van der Waals surface area contributed by atoms with Crippen LogP contribution in [0.1, 0.15) is 43.4 Å². The number of nitrogens with one attached hydrogen (secondary N) is 1. The SMILES string of the molecule is Nc1c(N(Cc2ccco2)C(=O)CC2CC3CCC2C3)c(=O)[nH]c(=O)n1Cc1ccccc1. The van der Waals surface area contributed by atoms with Crippen LogP contribution in [0.2, 0.25) is 0 Å². The third-order valence-electron chi connectivity index (χ3n) is 7.18. The van der Waals surface area contributed by atoms with E-state index in [1.165, 1.54) is 35.0 Å². The molecule has 3 unspecified atom stereocenters. The smallest absolute Gasteiger partial charge is 0.330 e. The second-order valence-corrected chi connectivity index (χ2v) is 9.26. The van der Waals surface area contributed by atoms with Crippen LogP contribution >= 0.6 is 0 Å². The van der Waals surface area contributed by atoms with Crippen LogP contribution in [0.3, 0.4) is 0 Å². The monoisotopic (exact) mass is 448 g/mol. The molecule has 2 saturated carbocycles. The first kappa shape index (κ1) is 21.3. The molecule has 3 N–H and O–H groups in total. The molecule has 172 valence electrons. The molecule has 0 radical (unpaired) electrons. The molecule has 0 aliphatic heterocycles. The summed E-state index contributed by atoms with van der Waals surface area (Å²) in [5, 5.41) is 0. The number of nitrogens with zero attached hydrogens (tertiary/aromatic N) is 2. The van der Waals surface area contributed by atoms with Gasteiger partial charge >= 0.3 is 5.69 Å². The van der Waals surface area contributed by atoms with E-state index in [0.717, 1.165) is 12.0 Å². The normalized spacial score (nSPS) is 21.4. The maximum Gasteiger partial charge on any atom is 0.330 e. The number of aromatic amines is 1. The first-order chi connectivity index (χ1) is 16.0. The zero-order chi connectivity index (χ0) is 22.9.